The van der Waals surface area contributed by atoms with E-state index >= 15 is 0 Å². The number of carboxylic acid groups (broad SMARTS) is 1. The molecule has 8 heteroatoms. The maximum Gasteiger partial charge on any atom is 0.307 e. The molecule has 2 aromatic rings. The van der Waals surface area contributed by atoms with E-state index in [1.165, 1.54) is 18.2 Å². The third kappa shape index (κ3) is 3.73. The molecule has 0 aliphatic heterocycles. The number of amides is 1. The first kappa shape index (κ1) is 18.0. The molecule has 3 rings (SSSR count). The van der Waals surface area contributed by atoms with Crippen molar-refractivity contribution in [2.24, 2.45) is 11.8 Å². The van der Waals surface area contributed by atoms with Gasteiger partial charge >= 0.3 is 5.97 Å². The van der Waals surface area contributed by atoms with Crippen molar-refractivity contribution in [3.8, 4) is 17.3 Å². The third-order valence-corrected chi connectivity index (χ3v) is 5.35. The van der Waals surface area contributed by atoms with E-state index in [0.717, 1.165) is 24.2 Å². The molecule has 1 saturated carbocycles. The number of thiazole rings is 1. The first-order chi connectivity index (χ1) is 12.5. The molecule has 1 fully saturated rings. The zero-order valence-electron chi connectivity index (χ0n) is 13.7. The van der Waals surface area contributed by atoms with Crippen LogP contribution in [0, 0.1) is 29.0 Å². The van der Waals surface area contributed by atoms with Crippen LogP contribution in [0.5, 0.6) is 0 Å². The van der Waals surface area contributed by atoms with Gasteiger partial charge in [0.2, 0.25) is 5.91 Å². The van der Waals surface area contributed by atoms with Gasteiger partial charge in [-0.05, 0) is 25.0 Å². The first-order valence-electron chi connectivity index (χ1n) is 8.20. The molecule has 0 saturated heterocycles. The first-order valence-corrected chi connectivity index (χ1v) is 9.01. The molecular weight excluding hydrogens is 357 g/mol. The van der Waals surface area contributed by atoms with Crippen molar-refractivity contribution in [3.05, 3.63) is 35.0 Å². The zero-order valence-corrected chi connectivity index (χ0v) is 14.6. The summed E-state index contributed by atoms with van der Waals surface area (Å²) in [7, 11) is 0. The van der Waals surface area contributed by atoms with Gasteiger partial charge in [0.15, 0.2) is 5.13 Å². The number of carbonyl (C=O) groups excluding carboxylic acids is 1. The quantitative estimate of drug-likeness (QED) is 0.851. The van der Waals surface area contributed by atoms with Crippen LogP contribution >= 0.6 is 11.3 Å². The lowest BCUT2D eigenvalue weighted by atomic mass is 9.79. The largest absolute Gasteiger partial charge is 0.481 e. The molecule has 1 heterocycles. The lowest BCUT2D eigenvalue weighted by Crippen LogP contribution is -2.36. The molecule has 0 unspecified atom stereocenters. The second-order valence-corrected chi connectivity index (χ2v) is 7.14. The van der Waals surface area contributed by atoms with Crippen molar-refractivity contribution in [1.29, 1.82) is 5.26 Å². The Hall–Kier alpha value is -2.79. The predicted octanol–water partition coefficient (Wildman–Crippen LogP) is 3.65. The minimum Gasteiger partial charge on any atom is -0.481 e. The Bertz CT molecular complexity index is 890. The molecule has 2 atom stereocenters. The van der Waals surface area contributed by atoms with E-state index < -0.39 is 29.5 Å². The van der Waals surface area contributed by atoms with E-state index in [1.807, 2.05) is 6.07 Å². The summed E-state index contributed by atoms with van der Waals surface area (Å²) in [5, 5.41) is 21.5. The predicted molar refractivity (Wildman–Crippen MR) is 93.9 cm³/mol. The van der Waals surface area contributed by atoms with Crippen LogP contribution in [0.3, 0.4) is 0 Å². The van der Waals surface area contributed by atoms with Gasteiger partial charge in [-0.3, -0.25) is 9.59 Å². The molecule has 2 N–H and O–H groups in total. The molecular formula is C18H16FN3O3S. The van der Waals surface area contributed by atoms with E-state index in [2.05, 4.69) is 10.3 Å². The average Bonchev–Trinajstić information content (AvgIpc) is 3.04. The second-order valence-electron chi connectivity index (χ2n) is 6.14. The van der Waals surface area contributed by atoms with Gasteiger partial charge in [-0.15, -0.1) is 0 Å². The third-order valence-electron chi connectivity index (χ3n) is 4.48. The van der Waals surface area contributed by atoms with Crippen LogP contribution in [-0.2, 0) is 9.59 Å². The number of rotatable bonds is 4. The smallest absolute Gasteiger partial charge is 0.307 e. The molecule has 1 aromatic carbocycles. The lowest BCUT2D eigenvalue weighted by molar-refractivity contribution is -0.147. The Labute approximate surface area is 153 Å². The molecule has 1 aliphatic rings. The standard InChI is InChI=1S/C18H16FN3O3S/c19-11-5-3-4-10(8-11)15-14(9-20)26-18(21-15)22-16(23)12-6-1-2-7-13(12)17(24)25/h3-5,8,12-13H,1-2,6-7H2,(H,24,25)(H,21,22,23)/t12-,13+/m0/s1. The summed E-state index contributed by atoms with van der Waals surface area (Å²) in [6.45, 7) is 0. The SMILES string of the molecule is N#Cc1sc(NC(=O)[C@H]2CCCC[C@H]2C(=O)O)nc1-c1cccc(F)c1. The number of benzene rings is 1. The molecule has 26 heavy (non-hydrogen) atoms. The van der Waals surface area contributed by atoms with Gasteiger partial charge in [0, 0.05) is 5.56 Å². The molecule has 1 aromatic heterocycles. The fourth-order valence-electron chi connectivity index (χ4n) is 3.22. The molecule has 0 bridgehead atoms. The minimum atomic E-state index is -0.970. The number of hydrogen-bond donors (Lipinski definition) is 2. The highest BCUT2D eigenvalue weighted by Gasteiger charge is 2.36. The molecule has 1 aliphatic carbocycles. The monoisotopic (exact) mass is 373 g/mol. The fraction of sp³-hybridized carbons (Fsp3) is 0.333. The van der Waals surface area contributed by atoms with Crippen molar-refractivity contribution in [2.75, 3.05) is 5.32 Å². The van der Waals surface area contributed by atoms with E-state index in [9.17, 15) is 24.3 Å². The highest BCUT2D eigenvalue weighted by Crippen LogP contribution is 2.34. The van der Waals surface area contributed by atoms with E-state index in [4.69, 9.17) is 0 Å². The molecule has 6 nitrogen and oxygen atoms in total. The Morgan fingerprint density at radius 3 is 2.69 bits per heavy atom. The maximum atomic E-state index is 13.4. The number of nitrogens with one attached hydrogen (secondary N) is 1. The van der Waals surface area contributed by atoms with Crippen LogP contribution in [0.4, 0.5) is 9.52 Å². The van der Waals surface area contributed by atoms with E-state index in [0.29, 0.717) is 24.1 Å². The molecule has 0 spiro atoms. The summed E-state index contributed by atoms with van der Waals surface area (Å²) in [6.07, 6.45) is 2.58. The van der Waals surface area contributed by atoms with Crippen molar-refractivity contribution in [1.82, 2.24) is 4.98 Å². The molecule has 134 valence electrons. The van der Waals surface area contributed by atoms with Crippen LogP contribution < -0.4 is 5.32 Å². The van der Waals surface area contributed by atoms with Gasteiger partial charge in [-0.25, -0.2) is 9.37 Å². The highest BCUT2D eigenvalue weighted by molar-refractivity contribution is 7.16. The second kappa shape index (κ2) is 7.62. The number of hydrogen-bond acceptors (Lipinski definition) is 5. The number of carbonyl (C=O) groups is 2. The summed E-state index contributed by atoms with van der Waals surface area (Å²) in [5.41, 5.74) is 0.741. The Kier molecular flexibility index (Phi) is 5.28. The van der Waals surface area contributed by atoms with Crippen LogP contribution in [-0.4, -0.2) is 22.0 Å². The van der Waals surface area contributed by atoms with Gasteiger partial charge in [-0.1, -0.05) is 36.3 Å². The van der Waals surface area contributed by atoms with Crippen LogP contribution in [0.2, 0.25) is 0 Å². The summed E-state index contributed by atoms with van der Waals surface area (Å²) in [6, 6.07) is 7.71. The molecule has 0 radical (unpaired) electrons. The normalized spacial score (nSPS) is 19.5. The van der Waals surface area contributed by atoms with E-state index in [-0.39, 0.29) is 10.0 Å². The number of anilines is 1. The fourth-order valence-corrected chi connectivity index (χ4v) is 4.01. The van der Waals surface area contributed by atoms with Gasteiger partial charge in [0.05, 0.1) is 11.8 Å². The number of nitriles is 1. The Balaban J connectivity index is 1.83. The zero-order chi connectivity index (χ0) is 18.7. The number of halogens is 1. The van der Waals surface area contributed by atoms with Crippen LogP contribution in [0.1, 0.15) is 30.6 Å². The van der Waals surface area contributed by atoms with Gasteiger partial charge in [0.25, 0.3) is 0 Å². The van der Waals surface area contributed by atoms with Crippen molar-refractivity contribution >= 4 is 28.3 Å². The summed E-state index contributed by atoms with van der Waals surface area (Å²) in [5.74, 6) is -3.14. The number of aliphatic carboxylic acids is 1. The van der Waals surface area contributed by atoms with Gasteiger partial charge in [-0.2, -0.15) is 5.26 Å². The van der Waals surface area contributed by atoms with Gasteiger partial charge < -0.3 is 10.4 Å². The van der Waals surface area contributed by atoms with Crippen LogP contribution in [0.25, 0.3) is 11.3 Å². The Morgan fingerprint density at radius 1 is 1.31 bits per heavy atom. The van der Waals surface area contributed by atoms with Gasteiger partial charge in [0.1, 0.15) is 22.5 Å². The highest BCUT2D eigenvalue weighted by atomic mass is 32.1. The van der Waals surface area contributed by atoms with E-state index in [1.54, 1.807) is 6.07 Å². The number of nitrogens with zero attached hydrogens (tertiary/aromatic N) is 2. The summed E-state index contributed by atoms with van der Waals surface area (Å²) in [4.78, 5) is 28.4. The minimum absolute atomic E-state index is 0.209. The van der Waals surface area contributed by atoms with Crippen molar-refractivity contribution < 1.29 is 19.1 Å². The maximum absolute atomic E-state index is 13.4. The summed E-state index contributed by atoms with van der Waals surface area (Å²) >= 11 is 0.988. The van der Waals surface area contributed by atoms with Crippen molar-refractivity contribution in [2.45, 2.75) is 25.7 Å². The van der Waals surface area contributed by atoms with Crippen molar-refractivity contribution in [3.63, 3.8) is 0 Å². The molecule has 1 amide bonds. The Morgan fingerprint density at radius 2 is 2.04 bits per heavy atom. The van der Waals surface area contributed by atoms with Crippen LogP contribution in [0.15, 0.2) is 24.3 Å². The summed E-state index contributed by atoms with van der Waals surface area (Å²) < 4.78 is 13.4. The number of carboxylic acids is 1. The topological polar surface area (TPSA) is 103 Å². The number of aromatic nitrogens is 1. The lowest BCUT2D eigenvalue weighted by Gasteiger charge is -2.26. The average molecular weight is 373 g/mol.